The van der Waals surface area contributed by atoms with Crippen LogP contribution in [0.2, 0.25) is 5.02 Å². The molecule has 2 N–H and O–H groups in total. The quantitative estimate of drug-likeness (QED) is 0.573. The molecule has 0 atom stereocenters. The van der Waals surface area contributed by atoms with E-state index >= 15 is 0 Å². The fourth-order valence-electron chi connectivity index (χ4n) is 2.55. The molecule has 3 rings (SSSR count). The number of nitro benzene ring substituents is 1. The molecule has 0 unspecified atom stereocenters. The molecule has 0 radical (unpaired) electrons. The number of halogens is 1. The van der Waals surface area contributed by atoms with Crippen LogP contribution in [0.4, 0.5) is 5.69 Å². The van der Waals surface area contributed by atoms with Crippen molar-refractivity contribution in [3.8, 4) is 11.3 Å². The summed E-state index contributed by atoms with van der Waals surface area (Å²) in [6, 6.07) is 10.0. The van der Waals surface area contributed by atoms with Crippen molar-refractivity contribution in [3.05, 3.63) is 63.4 Å². The van der Waals surface area contributed by atoms with E-state index in [0.29, 0.717) is 11.6 Å². The Kier molecular flexibility index (Phi) is 4.27. The van der Waals surface area contributed by atoms with Gasteiger partial charge in [0.1, 0.15) is 5.65 Å². The summed E-state index contributed by atoms with van der Waals surface area (Å²) in [4.78, 5) is 15.0. The number of imidazole rings is 1. The minimum atomic E-state index is -0.414. The van der Waals surface area contributed by atoms with Crippen LogP contribution < -0.4 is 5.73 Å². The lowest BCUT2D eigenvalue weighted by molar-refractivity contribution is -0.384. The number of aromatic nitrogens is 2. The molecule has 118 valence electrons. The second-order valence-electron chi connectivity index (χ2n) is 5.18. The Morgan fingerprint density at radius 3 is 2.61 bits per heavy atom. The van der Waals surface area contributed by atoms with Gasteiger partial charge in [-0.1, -0.05) is 11.6 Å². The lowest BCUT2D eigenvalue weighted by atomic mass is 10.1. The monoisotopic (exact) mass is 330 g/mol. The van der Waals surface area contributed by atoms with Gasteiger partial charge in [-0.3, -0.25) is 10.1 Å². The number of aryl methyl sites for hydroxylation is 1. The molecular weight excluding hydrogens is 316 g/mol. The number of nitro groups is 1. The lowest BCUT2D eigenvalue weighted by Gasteiger charge is -2.05. The van der Waals surface area contributed by atoms with Crippen LogP contribution in [0.1, 0.15) is 12.1 Å². The number of benzene rings is 1. The highest BCUT2D eigenvalue weighted by atomic mass is 35.5. The van der Waals surface area contributed by atoms with Gasteiger partial charge in [0.25, 0.3) is 5.69 Å². The third kappa shape index (κ3) is 3.04. The first-order valence-corrected chi connectivity index (χ1v) is 7.59. The molecule has 0 amide bonds. The number of rotatable bonds is 5. The number of hydrogen-bond donors (Lipinski definition) is 1. The highest BCUT2D eigenvalue weighted by molar-refractivity contribution is 6.30. The summed E-state index contributed by atoms with van der Waals surface area (Å²) in [5, 5.41) is 11.4. The molecule has 0 aliphatic heterocycles. The predicted octanol–water partition coefficient (Wildman–Crippen LogP) is 3.45. The Morgan fingerprint density at radius 2 is 1.96 bits per heavy atom. The van der Waals surface area contributed by atoms with Gasteiger partial charge in [-0.05, 0) is 43.7 Å². The Bertz CT molecular complexity index is 858. The number of nitrogens with zero attached hydrogens (tertiary/aromatic N) is 3. The number of non-ortho nitro benzene ring substituents is 1. The van der Waals surface area contributed by atoms with E-state index in [1.807, 2.05) is 16.7 Å². The normalized spacial score (nSPS) is 11.0. The summed E-state index contributed by atoms with van der Waals surface area (Å²) in [5.41, 5.74) is 9.12. The number of nitrogens with two attached hydrogens (primary N) is 1. The lowest BCUT2D eigenvalue weighted by Crippen LogP contribution is -2.03. The maximum atomic E-state index is 10.8. The van der Waals surface area contributed by atoms with E-state index in [0.717, 1.165) is 35.4 Å². The maximum Gasteiger partial charge on any atom is 0.269 e. The molecule has 7 heteroatoms. The fraction of sp³-hybridized carbons (Fsp3) is 0.188. The molecule has 1 aromatic carbocycles. The van der Waals surface area contributed by atoms with Gasteiger partial charge in [-0.2, -0.15) is 0 Å². The molecule has 2 aromatic heterocycles. The SMILES string of the molecule is NCCCc1c(-c2ccc([N+](=O)[O-])cc2)nc2ccc(Cl)cn12. The molecule has 6 nitrogen and oxygen atoms in total. The van der Waals surface area contributed by atoms with Gasteiger partial charge >= 0.3 is 0 Å². The molecule has 0 aliphatic carbocycles. The molecule has 23 heavy (non-hydrogen) atoms. The molecule has 0 spiro atoms. The first-order chi connectivity index (χ1) is 11.1. The number of hydrogen-bond acceptors (Lipinski definition) is 4. The van der Waals surface area contributed by atoms with Crippen LogP contribution in [0, 0.1) is 10.1 Å². The molecular formula is C16H15ClN4O2. The van der Waals surface area contributed by atoms with E-state index in [-0.39, 0.29) is 5.69 Å². The zero-order chi connectivity index (χ0) is 16.4. The zero-order valence-electron chi connectivity index (χ0n) is 12.3. The Balaban J connectivity index is 2.13. The van der Waals surface area contributed by atoms with Crippen LogP contribution in [-0.4, -0.2) is 20.9 Å². The van der Waals surface area contributed by atoms with Gasteiger partial charge in [-0.15, -0.1) is 0 Å². The van der Waals surface area contributed by atoms with Crippen LogP contribution in [0.15, 0.2) is 42.6 Å². The van der Waals surface area contributed by atoms with Crippen molar-refractivity contribution in [2.24, 2.45) is 5.73 Å². The van der Waals surface area contributed by atoms with Crippen molar-refractivity contribution >= 4 is 22.9 Å². The molecule has 3 aromatic rings. The average molecular weight is 331 g/mol. The van der Waals surface area contributed by atoms with Crippen LogP contribution >= 0.6 is 11.6 Å². The Morgan fingerprint density at radius 1 is 1.22 bits per heavy atom. The summed E-state index contributed by atoms with van der Waals surface area (Å²) >= 11 is 6.09. The van der Waals surface area contributed by atoms with Crippen molar-refractivity contribution in [1.82, 2.24) is 9.38 Å². The van der Waals surface area contributed by atoms with Gasteiger partial charge in [0.2, 0.25) is 0 Å². The van der Waals surface area contributed by atoms with Crippen molar-refractivity contribution < 1.29 is 4.92 Å². The number of fused-ring (bicyclic) bond motifs is 1. The molecule has 0 aliphatic rings. The first kappa shape index (κ1) is 15.5. The Hall–Kier alpha value is -2.44. The molecule has 0 saturated heterocycles. The van der Waals surface area contributed by atoms with Gasteiger partial charge in [0, 0.05) is 23.9 Å². The summed E-state index contributed by atoms with van der Waals surface area (Å²) in [6.07, 6.45) is 3.40. The van der Waals surface area contributed by atoms with Crippen molar-refractivity contribution in [2.45, 2.75) is 12.8 Å². The third-order valence-electron chi connectivity index (χ3n) is 3.65. The van der Waals surface area contributed by atoms with Crippen LogP contribution in [0.3, 0.4) is 0 Å². The van der Waals surface area contributed by atoms with E-state index in [2.05, 4.69) is 4.98 Å². The smallest absolute Gasteiger partial charge is 0.269 e. The molecule has 2 heterocycles. The highest BCUT2D eigenvalue weighted by Crippen LogP contribution is 2.28. The standard InChI is InChI=1S/C16H15ClN4O2/c17-12-5-8-15-19-16(14(2-1-9-18)20(15)10-12)11-3-6-13(7-4-11)21(22)23/h3-8,10H,1-2,9,18H2. The van der Waals surface area contributed by atoms with E-state index in [4.69, 9.17) is 17.3 Å². The van der Waals surface area contributed by atoms with Crippen molar-refractivity contribution in [1.29, 1.82) is 0 Å². The fourth-order valence-corrected chi connectivity index (χ4v) is 2.71. The zero-order valence-corrected chi connectivity index (χ0v) is 13.0. The van der Waals surface area contributed by atoms with E-state index in [1.54, 1.807) is 18.2 Å². The molecule has 0 fully saturated rings. The van der Waals surface area contributed by atoms with Crippen molar-refractivity contribution in [3.63, 3.8) is 0 Å². The molecule has 0 saturated carbocycles. The predicted molar refractivity (Wildman–Crippen MR) is 89.7 cm³/mol. The minimum Gasteiger partial charge on any atom is -0.330 e. The van der Waals surface area contributed by atoms with Crippen molar-refractivity contribution in [2.75, 3.05) is 6.54 Å². The first-order valence-electron chi connectivity index (χ1n) is 7.21. The largest absolute Gasteiger partial charge is 0.330 e. The van der Waals surface area contributed by atoms with Crippen LogP contribution in [0.25, 0.3) is 16.9 Å². The second kappa shape index (κ2) is 6.36. The number of pyridine rings is 1. The van der Waals surface area contributed by atoms with Gasteiger partial charge in [0.15, 0.2) is 0 Å². The molecule has 0 bridgehead atoms. The summed E-state index contributed by atoms with van der Waals surface area (Å²) in [5.74, 6) is 0. The van der Waals surface area contributed by atoms with Gasteiger partial charge in [0.05, 0.1) is 21.3 Å². The van der Waals surface area contributed by atoms with Crippen LogP contribution in [0.5, 0.6) is 0 Å². The van der Waals surface area contributed by atoms with E-state index in [9.17, 15) is 10.1 Å². The Labute approximate surface area is 137 Å². The van der Waals surface area contributed by atoms with E-state index < -0.39 is 4.92 Å². The third-order valence-corrected chi connectivity index (χ3v) is 3.87. The average Bonchev–Trinajstić information content (AvgIpc) is 2.90. The highest BCUT2D eigenvalue weighted by Gasteiger charge is 2.15. The summed E-state index contributed by atoms with van der Waals surface area (Å²) < 4.78 is 1.95. The van der Waals surface area contributed by atoms with Gasteiger partial charge in [-0.25, -0.2) is 4.98 Å². The summed E-state index contributed by atoms with van der Waals surface area (Å²) in [6.45, 7) is 0.577. The van der Waals surface area contributed by atoms with Gasteiger partial charge < -0.3 is 10.1 Å². The van der Waals surface area contributed by atoms with E-state index in [1.165, 1.54) is 12.1 Å². The minimum absolute atomic E-state index is 0.0593. The topological polar surface area (TPSA) is 86.5 Å². The maximum absolute atomic E-state index is 10.8. The summed E-state index contributed by atoms with van der Waals surface area (Å²) in [7, 11) is 0. The second-order valence-corrected chi connectivity index (χ2v) is 5.62. The van der Waals surface area contributed by atoms with Crippen LogP contribution in [-0.2, 0) is 6.42 Å².